The molecule has 16 heteroatoms. The van der Waals surface area contributed by atoms with Gasteiger partial charge in [-0.25, -0.2) is 8.78 Å². The lowest BCUT2D eigenvalue weighted by Gasteiger charge is -2.51. The van der Waals surface area contributed by atoms with Crippen molar-refractivity contribution in [3.05, 3.63) is 81.3 Å². The Morgan fingerprint density at radius 3 is 2.46 bits per heavy atom. The number of amides is 2. The van der Waals surface area contributed by atoms with Gasteiger partial charge in [0.25, 0.3) is 18.2 Å². The van der Waals surface area contributed by atoms with Crippen LogP contribution in [0.1, 0.15) is 96.8 Å². The van der Waals surface area contributed by atoms with Gasteiger partial charge in [0.1, 0.15) is 16.3 Å². The van der Waals surface area contributed by atoms with Gasteiger partial charge in [0, 0.05) is 62.3 Å². The van der Waals surface area contributed by atoms with E-state index in [0.717, 1.165) is 23.1 Å². The van der Waals surface area contributed by atoms with Crippen molar-refractivity contribution < 1.29 is 56.0 Å². The number of benzene rings is 1. The van der Waals surface area contributed by atoms with Crippen LogP contribution < -0.4 is 4.74 Å². The average molecular weight is 782 g/mol. The highest BCUT2D eigenvalue weighted by molar-refractivity contribution is 7.10. The number of halogens is 5. The minimum Gasteiger partial charge on any atom is -0.481 e. The summed E-state index contributed by atoms with van der Waals surface area (Å²) in [6.07, 6.45) is -4.55. The normalized spacial score (nSPS) is 20.3. The fourth-order valence-corrected chi connectivity index (χ4v) is 8.14. The van der Waals surface area contributed by atoms with Crippen LogP contribution in [0.3, 0.4) is 0 Å². The summed E-state index contributed by atoms with van der Waals surface area (Å²) in [6, 6.07) is 9.47. The summed E-state index contributed by atoms with van der Waals surface area (Å²) in [7, 11) is 0. The molecule has 2 aliphatic heterocycles. The van der Waals surface area contributed by atoms with Gasteiger partial charge in [0.2, 0.25) is 5.60 Å². The van der Waals surface area contributed by atoms with Crippen LogP contribution in [-0.2, 0) is 32.5 Å². The molecule has 4 heterocycles. The molecular weight excluding hydrogens is 737 g/mol. The Kier molecular flexibility index (Phi) is 13.3. The van der Waals surface area contributed by atoms with Crippen LogP contribution in [-0.4, -0.2) is 87.3 Å². The van der Waals surface area contributed by atoms with Gasteiger partial charge in [0.15, 0.2) is 0 Å². The highest BCUT2D eigenvalue weighted by Gasteiger charge is 2.56. The number of carbonyl (C=O) groups excluding carboxylic acids is 2. The molecule has 2 N–H and O–H groups in total. The van der Waals surface area contributed by atoms with Crippen molar-refractivity contribution >= 4 is 29.1 Å². The molecule has 294 valence electrons. The number of nitrogens with zero attached hydrogens (tertiary/aromatic N) is 3. The third kappa shape index (κ3) is 9.20. The van der Waals surface area contributed by atoms with E-state index in [1.54, 1.807) is 6.07 Å². The number of carbonyl (C=O) groups is 3. The lowest BCUT2D eigenvalue weighted by Crippen LogP contribution is -2.68. The van der Waals surface area contributed by atoms with E-state index in [0.29, 0.717) is 42.8 Å². The Balaban J connectivity index is 1.42. The molecule has 0 saturated carbocycles. The van der Waals surface area contributed by atoms with Crippen LogP contribution in [0.15, 0.2) is 54.0 Å². The second-order valence-corrected chi connectivity index (χ2v) is 14.5. The van der Waals surface area contributed by atoms with E-state index in [-0.39, 0.29) is 70.5 Å². The number of aromatic nitrogens is 1. The molecule has 54 heavy (non-hydrogen) atoms. The van der Waals surface area contributed by atoms with E-state index in [9.17, 15) is 41.4 Å². The third-order valence-corrected chi connectivity index (χ3v) is 11.0. The van der Waals surface area contributed by atoms with Gasteiger partial charge in [0.05, 0.1) is 18.2 Å². The predicted octanol–water partition coefficient (Wildman–Crippen LogP) is 7.26. The van der Waals surface area contributed by atoms with Crippen molar-refractivity contribution in [2.24, 2.45) is 0 Å². The molecule has 0 aliphatic carbocycles. The number of likely N-dealkylation sites (tertiary alicyclic amines) is 2. The van der Waals surface area contributed by atoms with Gasteiger partial charge in [-0.1, -0.05) is 37.6 Å². The van der Waals surface area contributed by atoms with Crippen LogP contribution >= 0.6 is 11.3 Å². The van der Waals surface area contributed by atoms with Gasteiger partial charge in [-0.3, -0.25) is 19.4 Å². The first-order chi connectivity index (χ1) is 25.7. The number of carboxylic acids is 1. The number of pyridine rings is 1. The van der Waals surface area contributed by atoms with Crippen molar-refractivity contribution in [3.63, 3.8) is 0 Å². The molecule has 2 aliphatic rings. The Labute approximate surface area is 313 Å². The summed E-state index contributed by atoms with van der Waals surface area (Å²) in [5.74, 6) is -2.51. The van der Waals surface area contributed by atoms with Gasteiger partial charge in [-0.2, -0.15) is 13.2 Å². The Hall–Kier alpha value is -4.15. The number of thiophene rings is 1. The van der Waals surface area contributed by atoms with Crippen LogP contribution in [0, 0.1) is 0 Å². The predicted molar refractivity (Wildman–Crippen MR) is 188 cm³/mol. The molecule has 2 atom stereocenters. The van der Waals surface area contributed by atoms with Crippen molar-refractivity contribution in [3.8, 4) is 5.75 Å². The maximum Gasteiger partial charge on any atom is 0.425 e. The Bertz CT molecular complexity index is 1760. The number of alkyl halides is 5. The number of rotatable bonds is 15. The highest BCUT2D eigenvalue weighted by atomic mass is 32.1. The zero-order chi connectivity index (χ0) is 39.1. The number of aliphatic hydroxyl groups is 1. The first-order valence-corrected chi connectivity index (χ1v) is 18.9. The average Bonchev–Trinajstić information content (AvgIpc) is 3.63. The first kappa shape index (κ1) is 41.0. The molecular formula is C38H44F5N3O7S. The number of hydrogen-bond donors (Lipinski definition) is 2. The van der Waals surface area contributed by atoms with Crippen LogP contribution in [0.4, 0.5) is 22.0 Å². The number of ether oxygens (including phenoxy) is 2. The third-order valence-electron chi connectivity index (χ3n) is 10.1. The summed E-state index contributed by atoms with van der Waals surface area (Å²) < 4.78 is 81.1. The smallest absolute Gasteiger partial charge is 0.425 e. The summed E-state index contributed by atoms with van der Waals surface area (Å²) in [5, 5.41) is 22.0. The second-order valence-electron chi connectivity index (χ2n) is 13.6. The molecule has 2 unspecified atom stereocenters. The van der Waals surface area contributed by atoms with Crippen LogP contribution in [0.25, 0.3) is 0 Å². The molecule has 2 saturated heterocycles. The first-order valence-electron chi connectivity index (χ1n) is 18.0. The molecule has 2 fully saturated rings. The fourth-order valence-electron chi connectivity index (χ4n) is 7.46. The molecule has 5 rings (SSSR count). The fraction of sp³-hybridized carbons (Fsp3) is 0.526. The van der Waals surface area contributed by atoms with Gasteiger partial charge in [-0.15, -0.1) is 11.3 Å². The SMILES string of the molecule is CCCC1N(C(=O)c2ncccc2C(F)F)CCCC1(Oc1csc(C(F)(F)F)c1)C(=O)N1CCC(O)(c2ccccc2CCOCCCC(=O)O)CC1. The minimum absolute atomic E-state index is 0.00283. The largest absolute Gasteiger partial charge is 0.481 e. The lowest BCUT2D eigenvalue weighted by atomic mass is 9.78. The molecule has 0 radical (unpaired) electrons. The van der Waals surface area contributed by atoms with Gasteiger partial charge >= 0.3 is 12.1 Å². The number of hydrogen-bond acceptors (Lipinski definition) is 8. The summed E-state index contributed by atoms with van der Waals surface area (Å²) in [5.41, 5.74) is -2.76. The minimum atomic E-state index is -4.66. The molecule has 2 amide bonds. The summed E-state index contributed by atoms with van der Waals surface area (Å²) >= 11 is 0.409. The second kappa shape index (κ2) is 17.5. The monoisotopic (exact) mass is 781 g/mol. The quantitative estimate of drug-likeness (QED) is 0.122. The maximum atomic E-state index is 14.9. The van der Waals surface area contributed by atoms with E-state index in [4.69, 9.17) is 14.6 Å². The highest BCUT2D eigenvalue weighted by Crippen LogP contribution is 2.43. The van der Waals surface area contributed by atoms with E-state index in [2.05, 4.69) is 4.98 Å². The van der Waals surface area contributed by atoms with Crippen molar-refractivity contribution in [1.29, 1.82) is 0 Å². The molecule has 1 aromatic carbocycles. The molecule has 0 spiro atoms. The molecule has 3 aromatic rings. The van der Waals surface area contributed by atoms with Crippen LogP contribution in [0.2, 0.25) is 0 Å². The summed E-state index contributed by atoms with van der Waals surface area (Å²) in [4.78, 5) is 45.6. The van der Waals surface area contributed by atoms with Gasteiger partial charge in [-0.05, 0) is 61.8 Å². The van der Waals surface area contributed by atoms with E-state index in [1.165, 1.54) is 22.1 Å². The number of piperidine rings is 2. The van der Waals surface area contributed by atoms with Crippen molar-refractivity contribution in [2.45, 2.75) is 94.6 Å². The molecule has 0 bridgehead atoms. The zero-order valence-corrected chi connectivity index (χ0v) is 30.6. The van der Waals surface area contributed by atoms with Gasteiger partial charge < -0.3 is 29.5 Å². The zero-order valence-electron chi connectivity index (χ0n) is 29.8. The Morgan fingerprint density at radius 1 is 1.06 bits per heavy atom. The number of carboxylic acid groups (broad SMARTS) is 1. The number of aliphatic carboxylic acids is 1. The standard InChI is InChI=1S/C38H44F5N3O7S/c1-2-8-29-37(53-26-23-30(54-24-26)38(41,42)43,14-7-18-46(29)34(49)32-27(33(39)40)10-5-17-44-32)35(50)45-19-15-36(51,16-20-45)28-11-4-3-9-25(28)13-22-52-21-6-12-31(47)48/h3-5,9-11,17,23-24,29,33,51H,2,6-8,12-16,18-22H2,1H3,(H,47,48). The van der Waals surface area contributed by atoms with E-state index < -0.39 is 63.8 Å². The Morgan fingerprint density at radius 2 is 1.80 bits per heavy atom. The maximum absolute atomic E-state index is 14.9. The van der Waals surface area contributed by atoms with Crippen molar-refractivity contribution in [2.75, 3.05) is 32.8 Å². The molecule has 2 aromatic heterocycles. The van der Waals surface area contributed by atoms with Crippen molar-refractivity contribution in [1.82, 2.24) is 14.8 Å². The van der Waals surface area contributed by atoms with E-state index >= 15 is 0 Å². The van der Waals surface area contributed by atoms with E-state index in [1.807, 2.05) is 25.1 Å². The molecule has 10 nitrogen and oxygen atoms in total. The lowest BCUT2D eigenvalue weighted by molar-refractivity contribution is -0.163. The topological polar surface area (TPSA) is 130 Å². The summed E-state index contributed by atoms with van der Waals surface area (Å²) in [6.45, 7) is 2.59. The van der Waals surface area contributed by atoms with Crippen LogP contribution in [0.5, 0.6) is 5.75 Å².